The van der Waals surface area contributed by atoms with Crippen LogP contribution >= 0.6 is 0 Å². The molecular formula is C21H26N2O3. The molecule has 0 aliphatic rings. The quantitative estimate of drug-likeness (QED) is 0.837. The Morgan fingerprint density at radius 1 is 0.885 bits per heavy atom. The second-order valence-corrected chi connectivity index (χ2v) is 7.34. The minimum atomic E-state index is -0.627. The maximum atomic E-state index is 12.3. The molecule has 0 aliphatic carbocycles. The Morgan fingerprint density at radius 2 is 1.38 bits per heavy atom. The first-order valence-electron chi connectivity index (χ1n) is 8.61. The molecule has 0 heterocycles. The number of ether oxygens (including phenoxy) is 1. The summed E-state index contributed by atoms with van der Waals surface area (Å²) >= 11 is 0. The molecule has 1 atom stereocenters. The molecule has 2 amide bonds. The molecule has 0 aromatic heterocycles. The van der Waals surface area contributed by atoms with Gasteiger partial charge in [0, 0.05) is 16.8 Å². The van der Waals surface area contributed by atoms with Gasteiger partial charge in [0.25, 0.3) is 5.91 Å². The van der Waals surface area contributed by atoms with E-state index in [-0.39, 0.29) is 11.8 Å². The van der Waals surface area contributed by atoms with Crippen molar-refractivity contribution in [2.45, 2.75) is 40.7 Å². The van der Waals surface area contributed by atoms with Crippen molar-refractivity contribution in [1.82, 2.24) is 0 Å². The minimum absolute atomic E-state index is 0.0607. The van der Waals surface area contributed by atoms with Gasteiger partial charge in [-0.15, -0.1) is 0 Å². The highest BCUT2D eigenvalue weighted by Crippen LogP contribution is 2.19. The third kappa shape index (κ3) is 5.62. The van der Waals surface area contributed by atoms with Crippen LogP contribution in [0.3, 0.4) is 0 Å². The van der Waals surface area contributed by atoms with Crippen molar-refractivity contribution in [3.8, 4) is 5.75 Å². The molecule has 0 radical (unpaired) electrons. The lowest BCUT2D eigenvalue weighted by atomic mass is 9.95. The summed E-state index contributed by atoms with van der Waals surface area (Å²) in [4.78, 5) is 24.3. The van der Waals surface area contributed by atoms with Crippen LogP contribution in [0.4, 0.5) is 11.4 Å². The average Bonchev–Trinajstić information content (AvgIpc) is 2.57. The Labute approximate surface area is 154 Å². The van der Waals surface area contributed by atoms with Crippen LogP contribution in [0.1, 0.15) is 33.3 Å². The van der Waals surface area contributed by atoms with Crippen LogP contribution in [0.25, 0.3) is 0 Å². The number of nitrogens with one attached hydrogen (secondary N) is 2. The maximum absolute atomic E-state index is 12.3. The first-order valence-corrected chi connectivity index (χ1v) is 8.61. The smallest absolute Gasteiger partial charge is 0.265 e. The second kappa shape index (κ2) is 8.04. The molecule has 2 aromatic carbocycles. The van der Waals surface area contributed by atoms with Crippen molar-refractivity contribution in [3.05, 3.63) is 54.1 Å². The van der Waals surface area contributed by atoms with Gasteiger partial charge in [0.15, 0.2) is 6.10 Å². The van der Waals surface area contributed by atoms with Crippen molar-refractivity contribution in [2.24, 2.45) is 5.41 Å². The van der Waals surface area contributed by atoms with Crippen molar-refractivity contribution in [3.63, 3.8) is 0 Å². The SMILES string of the molecule is Cc1ccc(O[C@H](C)C(=O)Nc2ccc(NC(=O)C(C)(C)C)cc2)cc1. The number of rotatable bonds is 5. The summed E-state index contributed by atoms with van der Waals surface area (Å²) in [5.74, 6) is 0.352. The zero-order chi connectivity index (χ0) is 19.3. The molecule has 0 aliphatic heterocycles. The van der Waals surface area contributed by atoms with E-state index in [1.807, 2.05) is 52.0 Å². The zero-order valence-corrected chi connectivity index (χ0v) is 15.9. The summed E-state index contributed by atoms with van der Waals surface area (Å²) in [5.41, 5.74) is 2.00. The maximum Gasteiger partial charge on any atom is 0.265 e. The van der Waals surface area contributed by atoms with E-state index >= 15 is 0 Å². The van der Waals surface area contributed by atoms with Crippen molar-refractivity contribution >= 4 is 23.2 Å². The summed E-state index contributed by atoms with van der Waals surface area (Å²) < 4.78 is 5.65. The van der Waals surface area contributed by atoms with Crippen molar-refractivity contribution in [2.75, 3.05) is 10.6 Å². The van der Waals surface area contributed by atoms with Gasteiger partial charge in [-0.3, -0.25) is 9.59 Å². The average molecular weight is 354 g/mol. The van der Waals surface area contributed by atoms with Gasteiger partial charge in [-0.1, -0.05) is 38.5 Å². The highest BCUT2D eigenvalue weighted by Gasteiger charge is 2.21. The summed E-state index contributed by atoms with van der Waals surface area (Å²) in [5, 5.41) is 5.65. The molecule has 5 nitrogen and oxygen atoms in total. The molecule has 0 saturated carbocycles. The van der Waals surface area contributed by atoms with E-state index in [4.69, 9.17) is 4.74 Å². The van der Waals surface area contributed by atoms with Crippen LogP contribution in [0.2, 0.25) is 0 Å². The fourth-order valence-electron chi connectivity index (χ4n) is 2.07. The van der Waals surface area contributed by atoms with Gasteiger partial charge >= 0.3 is 0 Å². The molecule has 0 fully saturated rings. The van der Waals surface area contributed by atoms with E-state index < -0.39 is 11.5 Å². The fraction of sp³-hybridized carbons (Fsp3) is 0.333. The van der Waals surface area contributed by atoms with E-state index in [1.165, 1.54) is 0 Å². The van der Waals surface area contributed by atoms with E-state index in [0.717, 1.165) is 5.56 Å². The first kappa shape index (κ1) is 19.5. The van der Waals surface area contributed by atoms with E-state index in [2.05, 4.69) is 10.6 Å². The first-order chi connectivity index (χ1) is 12.1. The van der Waals surface area contributed by atoms with E-state index in [1.54, 1.807) is 31.2 Å². The van der Waals surface area contributed by atoms with Gasteiger partial charge < -0.3 is 15.4 Å². The van der Waals surface area contributed by atoms with Crippen LogP contribution < -0.4 is 15.4 Å². The number of hydrogen-bond acceptors (Lipinski definition) is 3. The third-order valence-corrected chi connectivity index (χ3v) is 3.79. The molecule has 2 aromatic rings. The van der Waals surface area contributed by atoms with Crippen LogP contribution in [0.5, 0.6) is 5.75 Å². The van der Waals surface area contributed by atoms with Crippen molar-refractivity contribution in [1.29, 1.82) is 0 Å². The van der Waals surface area contributed by atoms with Crippen LogP contribution in [0, 0.1) is 12.3 Å². The second-order valence-electron chi connectivity index (χ2n) is 7.34. The summed E-state index contributed by atoms with van der Waals surface area (Å²) in [7, 11) is 0. The molecule has 0 bridgehead atoms. The number of carbonyl (C=O) groups excluding carboxylic acids is 2. The topological polar surface area (TPSA) is 67.4 Å². The zero-order valence-electron chi connectivity index (χ0n) is 15.9. The van der Waals surface area contributed by atoms with Crippen molar-refractivity contribution < 1.29 is 14.3 Å². The predicted molar refractivity (Wildman–Crippen MR) is 104 cm³/mol. The minimum Gasteiger partial charge on any atom is -0.481 e. The molecule has 138 valence electrons. The lowest BCUT2D eigenvalue weighted by Gasteiger charge is -2.18. The number of aryl methyl sites for hydroxylation is 1. The lowest BCUT2D eigenvalue weighted by Crippen LogP contribution is -2.30. The van der Waals surface area contributed by atoms with Gasteiger partial charge in [-0.2, -0.15) is 0 Å². The van der Waals surface area contributed by atoms with E-state index in [0.29, 0.717) is 17.1 Å². The van der Waals surface area contributed by atoms with E-state index in [9.17, 15) is 9.59 Å². The molecule has 5 heteroatoms. The van der Waals surface area contributed by atoms with Gasteiger partial charge in [0.2, 0.25) is 5.91 Å². The molecule has 0 saturated heterocycles. The monoisotopic (exact) mass is 354 g/mol. The number of anilines is 2. The summed E-state index contributed by atoms with van der Waals surface area (Å²) in [6, 6.07) is 14.5. The Hall–Kier alpha value is -2.82. The molecule has 0 unspecified atom stereocenters. The molecule has 2 N–H and O–H groups in total. The standard InChI is InChI=1S/C21H26N2O3/c1-14-6-12-18(13-7-14)26-15(2)19(24)22-16-8-10-17(11-9-16)23-20(25)21(3,4)5/h6-13,15H,1-5H3,(H,22,24)(H,23,25)/t15-/m1/s1. The predicted octanol–water partition coefficient (Wildman–Crippen LogP) is 4.39. The Kier molecular flexibility index (Phi) is 6.03. The number of hydrogen-bond donors (Lipinski definition) is 2. The van der Waals surface area contributed by atoms with Gasteiger partial charge in [-0.25, -0.2) is 0 Å². The Morgan fingerprint density at radius 3 is 1.88 bits per heavy atom. The molecule has 26 heavy (non-hydrogen) atoms. The van der Waals surface area contributed by atoms with Crippen LogP contribution in [-0.4, -0.2) is 17.9 Å². The summed E-state index contributed by atoms with van der Waals surface area (Å²) in [6.45, 7) is 9.26. The lowest BCUT2D eigenvalue weighted by molar-refractivity contribution is -0.123. The molecule has 2 rings (SSSR count). The van der Waals surface area contributed by atoms with Gasteiger partial charge in [-0.05, 0) is 50.2 Å². The number of benzene rings is 2. The summed E-state index contributed by atoms with van der Waals surface area (Å²) in [6.07, 6.45) is -0.627. The molecular weight excluding hydrogens is 328 g/mol. The third-order valence-electron chi connectivity index (χ3n) is 3.79. The van der Waals surface area contributed by atoms with Crippen LogP contribution in [0.15, 0.2) is 48.5 Å². The number of carbonyl (C=O) groups is 2. The number of amides is 2. The Balaban J connectivity index is 1.92. The fourth-order valence-corrected chi connectivity index (χ4v) is 2.07. The highest BCUT2D eigenvalue weighted by molar-refractivity contribution is 5.96. The Bertz CT molecular complexity index is 759. The van der Waals surface area contributed by atoms with Gasteiger partial charge in [0.05, 0.1) is 0 Å². The normalized spacial score (nSPS) is 12.2. The van der Waals surface area contributed by atoms with Gasteiger partial charge in [0.1, 0.15) is 5.75 Å². The highest BCUT2D eigenvalue weighted by atomic mass is 16.5. The molecule has 0 spiro atoms. The van der Waals surface area contributed by atoms with Crippen LogP contribution in [-0.2, 0) is 9.59 Å². The largest absolute Gasteiger partial charge is 0.481 e.